The van der Waals surface area contributed by atoms with Crippen molar-refractivity contribution in [2.24, 2.45) is 0 Å². The maximum absolute atomic E-state index is 12.8. The third-order valence-electron chi connectivity index (χ3n) is 4.29. The van der Waals surface area contributed by atoms with Crippen molar-refractivity contribution in [2.45, 2.75) is 45.4 Å². The summed E-state index contributed by atoms with van der Waals surface area (Å²) in [5.74, 6) is 0.450. The number of nitrogen functional groups attached to an aromatic ring is 1. The van der Waals surface area contributed by atoms with Crippen LogP contribution in [-0.2, 0) is 0 Å². The largest absolute Gasteiger partial charge is 0.397 e. The van der Waals surface area contributed by atoms with Crippen LogP contribution in [0.2, 0.25) is 0 Å². The number of amides is 1. The summed E-state index contributed by atoms with van der Waals surface area (Å²) < 4.78 is 0. The molecule has 1 aliphatic heterocycles. The molecule has 1 amide bonds. The average Bonchev–Trinajstić information content (AvgIpc) is 2.70. The van der Waals surface area contributed by atoms with Crippen molar-refractivity contribution in [3.05, 3.63) is 22.7 Å². The van der Waals surface area contributed by atoms with Crippen molar-refractivity contribution in [2.75, 3.05) is 18.8 Å². The molecule has 0 radical (unpaired) electrons. The van der Waals surface area contributed by atoms with Crippen LogP contribution in [0.4, 0.5) is 5.69 Å². The quantitative estimate of drug-likeness (QED) is 0.910. The standard InChI is InChI=1S/C17H23N3OS/c1-11(2)13-8-7-12-14(18)15(22-16(12)19-13)17(21)20-9-5-3-4-6-10-20/h7-8,11H,3-6,9-10,18H2,1-2H3. The first-order valence-corrected chi connectivity index (χ1v) is 8.87. The van der Waals surface area contributed by atoms with Gasteiger partial charge in [-0.1, -0.05) is 26.7 Å². The zero-order valence-electron chi connectivity index (χ0n) is 13.3. The predicted molar refractivity (Wildman–Crippen MR) is 92.5 cm³/mol. The number of likely N-dealkylation sites (tertiary alicyclic amines) is 1. The Morgan fingerprint density at radius 3 is 2.55 bits per heavy atom. The topological polar surface area (TPSA) is 59.2 Å². The van der Waals surface area contributed by atoms with E-state index in [1.165, 1.54) is 24.2 Å². The van der Waals surface area contributed by atoms with Crippen molar-refractivity contribution in [1.82, 2.24) is 9.88 Å². The van der Waals surface area contributed by atoms with Gasteiger partial charge in [-0.2, -0.15) is 0 Å². The number of aromatic nitrogens is 1. The minimum atomic E-state index is 0.0773. The third-order valence-corrected chi connectivity index (χ3v) is 5.40. The molecule has 2 aromatic heterocycles. The zero-order chi connectivity index (χ0) is 15.7. The van der Waals surface area contributed by atoms with Gasteiger partial charge in [0.1, 0.15) is 9.71 Å². The fourth-order valence-corrected chi connectivity index (χ4v) is 3.98. The number of anilines is 1. The molecule has 1 fully saturated rings. The molecule has 22 heavy (non-hydrogen) atoms. The second-order valence-corrected chi connectivity index (χ2v) is 7.29. The van der Waals surface area contributed by atoms with Crippen LogP contribution in [-0.4, -0.2) is 28.9 Å². The highest BCUT2D eigenvalue weighted by Gasteiger charge is 2.23. The predicted octanol–water partition coefficient (Wildman–Crippen LogP) is 4.02. The molecule has 0 aromatic carbocycles. The number of hydrogen-bond donors (Lipinski definition) is 1. The van der Waals surface area contributed by atoms with Crippen LogP contribution in [0.5, 0.6) is 0 Å². The minimum absolute atomic E-state index is 0.0773. The van der Waals surface area contributed by atoms with Gasteiger partial charge < -0.3 is 10.6 Å². The van der Waals surface area contributed by atoms with Gasteiger partial charge in [0.05, 0.1) is 5.69 Å². The van der Waals surface area contributed by atoms with Crippen molar-refractivity contribution in [3.63, 3.8) is 0 Å². The maximum atomic E-state index is 12.8. The smallest absolute Gasteiger partial charge is 0.266 e. The highest BCUT2D eigenvalue weighted by atomic mass is 32.1. The Bertz CT molecular complexity index is 685. The molecule has 3 heterocycles. The lowest BCUT2D eigenvalue weighted by molar-refractivity contribution is 0.0767. The van der Waals surface area contributed by atoms with Crippen LogP contribution in [0.1, 0.15) is 60.8 Å². The van der Waals surface area contributed by atoms with Gasteiger partial charge in [0.25, 0.3) is 5.91 Å². The van der Waals surface area contributed by atoms with Gasteiger partial charge in [0, 0.05) is 24.2 Å². The molecule has 118 valence electrons. The Labute approximate surface area is 135 Å². The van der Waals surface area contributed by atoms with E-state index >= 15 is 0 Å². The number of carbonyl (C=O) groups excluding carboxylic acids is 1. The van der Waals surface area contributed by atoms with Gasteiger partial charge in [-0.25, -0.2) is 4.98 Å². The Hall–Kier alpha value is -1.62. The lowest BCUT2D eigenvalue weighted by atomic mass is 10.1. The summed E-state index contributed by atoms with van der Waals surface area (Å²) in [6, 6.07) is 4.01. The van der Waals surface area contributed by atoms with Gasteiger partial charge in [-0.3, -0.25) is 4.79 Å². The Morgan fingerprint density at radius 2 is 1.91 bits per heavy atom. The molecule has 5 heteroatoms. The molecule has 1 saturated heterocycles. The highest BCUT2D eigenvalue weighted by Crippen LogP contribution is 2.34. The first kappa shape index (κ1) is 15.3. The fraction of sp³-hybridized carbons (Fsp3) is 0.529. The zero-order valence-corrected chi connectivity index (χ0v) is 14.1. The number of rotatable bonds is 2. The van der Waals surface area contributed by atoms with Gasteiger partial charge >= 0.3 is 0 Å². The Balaban J connectivity index is 1.96. The van der Waals surface area contributed by atoms with E-state index in [9.17, 15) is 4.79 Å². The molecule has 0 saturated carbocycles. The number of nitrogens with two attached hydrogens (primary N) is 1. The first-order chi connectivity index (χ1) is 10.6. The van der Waals surface area contributed by atoms with E-state index in [0.29, 0.717) is 16.5 Å². The number of hydrogen-bond acceptors (Lipinski definition) is 4. The summed E-state index contributed by atoms with van der Waals surface area (Å²) in [5, 5.41) is 0.910. The number of nitrogens with zero attached hydrogens (tertiary/aromatic N) is 2. The molecule has 0 unspecified atom stereocenters. The van der Waals surface area contributed by atoms with E-state index in [2.05, 4.69) is 18.8 Å². The van der Waals surface area contributed by atoms with E-state index in [1.807, 2.05) is 17.0 Å². The summed E-state index contributed by atoms with van der Waals surface area (Å²) in [5.41, 5.74) is 7.87. The summed E-state index contributed by atoms with van der Waals surface area (Å²) in [4.78, 5) is 21.0. The van der Waals surface area contributed by atoms with E-state index in [1.54, 1.807) is 0 Å². The first-order valence-electron chi connectivity index (χ1n) is 8.06. The second-order valence-electron chi connectivity index (χ2n) is 6.29. The van der Waals surface area contributed by atoms with Gasteiger partial charge in [-0.05, 0) is 30.9 Å². The molecule has 0 atom stereocenters. The van der Waals surface area contributed by atoms with Crippen LogP contribution in [0.3, 0.4) is 0 Å². The second kappa shape index (κ2) is 6.24. The summed E-state index contributed by atoms with van der Waals surface area (Å²) in [6.45, 7) is 5.93. The highest BCUT2D eigenvalue weighted by molar-refractivity contribution is 7.21. The third kappa shape index (κ3) is 2.82. The Morgan fingerprint density at radius 1 is 1.23 bits per heavy atom. The minimum Gasteiger partial charge on any atom is -0.397 e. The molecule has 2 aromatic rings. The Kier molecular flexibility index (Phi) is 4.34. The number of pyridine rings is 1. The summed E-state index contributed by atoms with van der Waals surface area (Å²) in [6.07, 6.45) is 4.61. The number of fused-ring (bicyclic) bond motifs is 1. The monoisotopic (exact) mass is 317 g/mol. The molecule has 3 rings (SSSR count). The van der Waals surface area contributed by atoms with Gasteiger partial charge in [0.15, 0.2) is 0 Å². The van der Waals surface area contributed by atoms with Crippen LogP contribution in [0.15, 0.2) is 12.1 Å². The lowest BCUT2D eigenvalue weighted by Crippen LogP contribution is -2.31. The van der Waals surface area contributed by atoms with Gasteiger partial charge in [-0.15, -0.1) is 11.3 Å². The van der Waals surface area contributed by atoms with Gasteiger partial charge in [0.2, 0.25) is 0 Å². The molecule has 0 bridgehead atoms. The van der Waals surface area contributed by atoms with E-state index in [-0.39, 0.29) is 5.91 Å². The van der Waals surface area contributed by atoms with Crippen molar-refractivity contribution >= 4 is 33.1 Å². The maximum Gasteiger partial charge on any atom is 0.266 e. The SMILES string of the molecule is CC(C)c1ccc2c(N)c(C(=O)N3CCCCCC3)sc2n1. The van der Waals surface area contributed by atoms with Crippen LogP contribution >= 0.6 is 11.3 Å². The van der Waals surface area contributed by atoms with Crippen LogP contribution in [0, 0.1) is 0 Å². The number of thiophene rings is 1. The normalized spacial score (nSPS) is 16.2. The molecule has 2 N–H and O–H groups in total. The molecule has 1 aliphatic rings. The molecule has 0 spiro atoms. The summed E-state index contributed by atoms with van der Waals surface area (Å²) >= 11 is 1.44. The molecule has 0 aliphatic carbocycles. The van der Waals surface area contributed by atoms with E-state index in [0.717, 1.165) is 41.8 Å². The average molecular weight is 317 g/mol. The van der Waals surface area contributed by atoms with E-state index < -0.39 is 0 Å². The van der Waals surface area contributed by atoms with Crippen LogP contribution < -0.4 is 5.73 Å². The molecule has 4 nitrogen and oxygen atoms in total. The fourth-order valence-electron chi connectivity index (χ4n) is 2.91. The lowest BCUT2D eigenvalue weighted by Gasteiger charge is -2.19. The van der Waals surface area contributed by atoms with Crippen LogP contribution in [0.25, 0.3) is 10.2 Å². The molecular formula is C17H23N3OS. The summed E-state index contributed by atoms with van der Waals surface area (Å²) in [7, 11) is 0. The van der Waals surface area contributed by atoms with Crippen molar-refractivity contribution in [3.8, 4) is 0 Å². The van der Waals surface area contributed by atoms with Crippen molar-refractivity contribution in [1.29, 1.82) is 0 Å². The molecular weight excluding hydrogens is 294 g/mol. The van der Waals surface area contributed by atoms with Crippen molar-refractivity contribution < 1.29 is 4.79 Å². The van der Waals surface area contributed by atoms with E-state index in [4.69, 9.17) is 5.73 Å². The number of carbonyl (C=O) groups is 1.